The van der Waals surface area contributed by atoms with Crippen LogP contribution in [0, 0.1) is 6.20 Å². The molecule has 1 heterocycles. The van der Waals surface area contributed by atoms with E-state index in [0.717, 1.165) is 11.5 Å². The van der Waals surface area contributed by atoms with Crippen molar-refractivity contribution in [2.24, 2.45) is 0 Å². The van der Waals surface area contributed by atoms with Gasteiger partial charge in [-0.3, -0.25) is 5.10 Å². The second kappa shape index (κ2) is 3.31. The van der Waals surface area contributed by atoms with Gasteiger partial charge in [0.2, 0.25) is 0 Å². The molecule has 65 valence electrons. The van der Waals surface area contributed by atoms with Crippen molar-refractivity contribution in [1.82, 2.24) is 10.2 Å². The van der Waals surface area contributed by atoms with Gasteiger partial charge >= 0.3 is 0 Å². The molecule has 0 bridgehead atoms. The first-order chi connectivity index (χ1) is 6.38. The number of rotatable bonds is 2. The zero-order valence-electron chi connectivity index (χ0n) is 7.36. The van der Waals surface area contributed by atoms with E-state index < -0.39 is 0 Å². The van der Waals surface area contributed by atoms with E-state index in [1.54, 1.807) is 0 Å². The minimum atomic E-state index is 0.936. The van der Waals surface area contributed by atoms with Gasteiger partial charge in [-0.2, -0.15) is 5.10 Å². The Hall–Kier alpha value is -1.77. The van der Waals surface area contributed by atoms with E-state index in [4.69, 9.17) is 0 Å². The number of anilines is 2. The van der Waals surface area contributed by atoms with Crippen molar-refractivity contribution in [1.29, 1.82) is 0 Å². The minimum absolute atomic E-state index is 0.936. The SMILES string of the molecule is CN(c1ccccc1)c1c[c]n[nH]1. The van der Waals surface area contributed by atoms with Gasteiger partial charge in [-0.1, -0.05) is 18.2 Å². The van der Waals surface area contributed by atoms with Gasteiger partial charge in [0.1, 0.15) is 12.0 Å². The number of benzene rings is 1. The van der Waals surface area contributed by atoms with Crippen LogP contribution >= 0.6 is 0 Å². The van der Waals surface area contributed by atoms with Crippen molar-refractivity contribution in [2.75, 3.05) is 11.9 Å². The first-order valence-electron chi connectivity index (χ1n) is 4.08. The van der Waals surface area contributed by atoms with Crippen LogP contribution in [0.5, 0.6) is 0 Å². The average molecular weight is 172 g/mol. The van der Waals surface area contributed by atoms with Gasteiger partial charge in [0.15, 0.2) is 0 Å². The van der Waals surface area contributed by atoms with Crippen molar-refractivity contribution in [3.63, 3.8) is 0 Å². The molecular formula is C10H10N3. The molecular weight excluding hydrogens is 162 g/mol. The van der Waals surface area contributed by atoms with Gasteiger partial charge in [-0.15, -0.1) is 0 Å². The van der Waals surface area contributed by atoms with E-state index >= 15 is 0 Å². The van der Waals surface area contributed by atoms with Gasteiger partial charge in [0.25, 0.3) is 0 Å². The maximum atomic E-state index is 3.78. The Labute approximate surface area is 77.0 Å². The molecule has 0 aliphatic carbocycles. The third kappa shape index (κ3) is 1.54. The summed E-state index contributed by atoms with van der Waals surface area (Å²) in [5.41, 5.74) is 1.13. The third-order valence-corrected chi connectivity index (χ3v) is 1.94. The summed E-state index contributed by atoms with van der Waals surface area (Å²) < 4.78 is 0. The molecule has 2 rings (SSSR count). The lowest BCUT2D eigenvalue weighted by atomic mass is 10.3. The van der Waals surface area contributed by atoms with Crippen LogP contribution in [0.3, 0.4) is 0 Å². The summed E-state index contributed by atoms with van der Waals surface area (Å²) in [5, 5.41) is 6.63. The predicted molar refractivity (Wildman–Crippen MR) is 51.9 cm³/mol. The Kier molecular flexibility index (Phi) is 2.00. The predicted octanol–water partition coefficient (Wildman–Crippen LogP) is 1.98. The summed E-state index contributed by atoms with van der Waals surface area (Å²) in [4.78, 5) is 2.02. The Balaban J connectivity index is 2.29. The number of nitrogens with one attached hydrogen (secondary N) is 1. The van der Waals surface area contributed by atoms with Gasteiger partial charge in [0.05, 0.1) is 0 Å². The van der Waals surface area contributed by atoms with Crippen LogP contribution in [0.2, 0.25) is 0 Å². The van der Waals surface area contributed by atoms with Crippen molar-refractivity contribution in [2.45, 2.75) is 0 Å². The maximum absolute atomic E-state index is 3.78. The van der Waals surface area contributed by atoms with E-state index in [-0.39, 0.29) is 0 Å². The van der Waals surface area contributed by atoms with Crippen LogP contribution in [0.4, 0.5) is 11.5 Å². The number of aromatic nitrogens is 2. The molecule has 0 atom stereocenters. The smallest absolute Gasteiger partial charge is 0.128 e. The van der Waals surface area contributed by atoms with E-state index in [2.05, 4.69) is 16.4 Å². The number of hydrogen-bond donors (Lipinski definition) is 1. The van der Waals surface area contributed by atoms with Gasteiger partial charge in [0, 0.05) is 18.8 Å². The highest BCUT2D eigenvalue weighted by molar-refractivity contribution is 5.57. The number of aromatic amines is 1. The number of nitrogens with zero attached hydrogens (tertiary/aromatic N) is 2. The molecule has 0 spiro atoms. The maximum Gasteiger partial charge on any atom is 0.128 e. The third-order valence-electron chi connectivity index (χ3n) is 1.94. The molecule has 1 aromatic carbocycles. The lowest BCUT2D eigenvalue weighted by Crippen LogP contribution is -2.09. The summed E-state index contributed by atoms with van der Waals surface area (Å²) in [6.45, 7) is 0. The van der Waals surface area contributed by atoms with Crippen LogP contribution in [0.25, 0.3) is 0 Å². The molecule has 1 aromatic heterocycles. The molecule has 0 unspecified atom stereocenters. The topological polar surface area (TPSA) is 31.9 Å². The van der Waals surface area contributed by atoms with Gasteiger partial charge < -0.3 is 4.90 Å². The molecule has 0 aliphatic rings. The normalized spacial score (nSPS) is 9.92. The fraction of sp³-hybridized carbons (Fsp3) is 0.100. The largest absolute Gasteiger partial charge is 0.330 e. The van der Waals surface area contributed by atoms with Gasteiger partial charge in [-0.05, 0) is 12.1 Å². The Morgan fingerprint density at radius 3 is 2.69 bits per heavy atom. The van der Waals surface area contributed by atoms with E-state index in [1.807, 2.05) is 48.3 Å². The van der Waals surface area contributed by atoms with Crippen LogP contribution in [0.1, 0.15) is 0 Å². The van der Waals surface area contributed by atoms with Crippen molar-refractivity contribution < 1.29 is 0 Å². The van der Waals surface area contributed by atoms with E-state index in [9.17, 15) is 0 Å². The molecule has 3 heteroatoms. The first-order valence-corrected chi connectivity index (χ1v) is 4.08. The minimum Gasteiger partial charge on any atom is -0.330 e. The molecule has 0 amide bonds. The summed E-state index contributed by atoms with van der Waals surface area (Å²) in [5.74, 6) is 0.936. The van der Waals surface area contributed by atoms with Crippen molar-refractivity contribution in [3.8, 4) is 0 Å². The molecule has 0 saturated heterocycles. The zero-order valence-corrected chi connectivity index (χ0v) is 7.36. The summed E-state index contributed by atoms with van der Waals surface area (Å²) in [7, 11) is 1.98. The molecule has 0 aliphatic heterocycles. The molecule has 1 N–H and O–H groups in total. The quantitative estimate of drug-likeness (QED) is 0.751. The summed E-state index contributed by atoms with van der Waals surface area (Å²) in [6, 6.07) is 11.9. The monoisotopic (exact) mass is 172 g/mol. The molecule has 2 aromatic rings. The molecule has 3 nitrogen and oxygen atoms in total. The highest BCUT2D eigenvalue weighted by Crippen LogP contribution is 2.19. The van der Waals surface area contributed by atoms with Crippen LogP contribution < -0.4 is 4.90 Å². The van der Waals surface area contributed by atoms with Crippen LogP contribution in [-0.4, -0.2) is 17.2 Å². The van der Waals surface area contributed by atoms with Crippen molar-refractivity contribution >= 4 is 11.5 Å². The van der Waals surface area contributed by atoms with Crippen LogP contribution in [-0.2, 0) is 0 Å². The van der Waals surface area contributed by atoms with Crippen LogP contribution in [0.15, 0.2) is 36.4 Å². The standard InChI is InChI=1S/C10H10N3/c1-13(10-7-8-11-12-10)9-5-3-2-4-6-9/h2-7H,1H3,(H,11,12). The van der Waals surface area contributed by atoms with Crippen molar-refractivity contribution in [3.05, 3.63) is 42.6 Å². The second-order valence-corrected chi connectivity index (χ2v) is 2.78. The zero-order chi connectivity index (χ0) is 9.10. The van der Waals surface area contributed by atoms with E-state index in [0.29, 0.717) is 0 Å². The lowest BCUT2D eigenvalue weighted by molar-refractivity contribution is 1.04. The Morgan fingerprint density at radius 1 is 1.31 bits per heavy atom. The van der Waals surface area contributed by atoms with Gasteiger partial charge in [-0.25, -0.2) is 0 Å². The average Bonchev–Trinajstić information content (AvgIpc) is 2.71. The summed E-state index contributed by atoms with van der Waals surface area (Å²) in [6.07, 6.45) is 2.73. The number of para-hydroxylation sites is 1. The second-order valence-electron chi connectivity index (χ2n) is 2.78. The highest BCUT2D eigenvalue weighted by atomic mass is 15.3. The lowest BCUT2D eigenvalue weighted by Gasteiger charge is -2.16. The number of hydrogen-bond acceptors (Lipinski definition) is 2. The first kappa shape index (κ1) is 7.86. The molecule has 13 heavy (non-hydrogen) atoms. The summed E-state index contributed by atoms with van der Waals surface area (Å²) >= 11 is 0. The molecule has 1 radical (unpaired) electrons. The Bertz CT molecular complexity index is 353. The van der Waals surface area contributed by atoms with E-state index in [1.165, 1.54) is 0 Å². The Morgan fingerprint density at radius 2 is 2.08 bits per heavy atom. The molecule has 0 saturated carbocycles. The fourth-order valence-electron chi connectivity index (χ4n) is 1.18. The molecule has 0 fully saturated rings. The highest BCUT2D eigenvalue weighted by Gasteiger charge is 2.02. The fourth-order valence-corrected chi connectivity index (χ4v) is 1.18. The number of H-pyrrole nitrogens is 1.